The molecule has 7 heteroatoms. The van der Waals surface area contributed by atoms with Crippen molar-refractivity contribution in [3.05, 3.63) is 35.6 Å². The highest BCUT2D eigenvalue weighted by molar-refractivity contribution is 5.93. The van der Waals surface area contributed by atoms with Crippen LogP contribution in [-0.4, -0.2) is 54.5 Å². The highest BCUT2D eigenvalue weighted by Gasteiger charge is 2.16. The summed E-state index contributed by atoms with van der Waals surface area (Å²) in [6.07, 6.45) is 1.28. The molecule has 0 unspecified atom stereocenters. The SMILES string of the molecule is NC(=O)NC(=O)CCN1CCCN(Cc2ccc(F)cc2)CC1. The molecule has 126 valence electrons. The maximum absolute atomic E-state index is 12.9. The van der Waals surface area contributed by atoms with Crippen molar-refractivity contribution in [3.8, 4) is 0 Å². The molecule has 0 saturated carbocycles. The molecule has 1 aromatic rings. The molecular formula is C16H23FN4O2. The zero-order chi connectivity index (χ0) is 16.7. The first-order valence-corrected chi connectivity index (χ1v) is 7.81. The van der Waals surface area contributed by atoms with E-state index in [1.54, 1.807) is 0 Å². The summed E-state index contributed by atoms with van der Waals surface area (Å²) in [5.74, 6) is -0.560. The summed E-state index contributed by atoms with van der Waals surface area (Å²) in [6.45, 7) is 5.07. The number of nitrogens with zero attached hydrogens (tertiary/aromatic N) is 2. The molecule has 2 rings (SSSR count). The van der Waals surface area contributed by atoms with Crippen molar-refractivity contribution in [2.45, 2.75) is 19.4 Å². The van der Waals surface area contributed by atoms with E-state index in [0.717, 1.165) is 44.7 Å². The second kappa shape index (κ2) is 8.59. The van der Waals surface area contributed by atoms with Gasteiger partial charge in [-0.05, 0) is 37.2 Å². The van der Waals surface area contributed by atoms with Gasteiger partial charge in [0.05, 0.1) is 0 Å². The number of carbonyl (C=O) groups excluding carboxylic acids is 2. The van der Waals surface area contributed by atoms with Crippen LogP contribution in [0.1, 0.15) is 18.4 Å². The summed E-state index contributed by atoms with van der Waals surface area (Å²) in [7, 11) is 0. The fourth-order valence-corrected chi connectivity index (χ4v) is 2.71. The first kappa shape index (κ1) is 17.4. The molecule has 23 heavy (non-hydrogen) atoms. The monoisotopic (exact) mass is 322 g/mol. The Balaban J connectivity index is 1.74. The molecule has 1 aliphatic heterocycles. The number of benzene rings is 1. The number of carbonyl (C=O) groups is 2. The standard InChI is InChI=1S/C16H23FN4O2/c17-14-4-2-13(3-5-14)12-21-8-1-7-20(10-11-21)9-6-15(22)19-16(18)23/h2-5H,1,6-12H2,(H3,18,19,22,23). The van der Waals surface area contributed by atoms with Crippen LogP contribution in [0.15, 0.2) is 24.3 Å². The molecule has 0 aliphatic carbocycles. The molecule has 0 spiro atoms. The number of imide groups is 1. The Kier molecular flexibility index (Phi) is 6.49. The van der Waals surface area contributed by atoms with Crippen LogP contribution in [-0.2, 0) is 11.3 Å². The lowest BCUT2D eigenvalue weighted by atomic mass is 10.2. The Morgan fingerprint density at radius 1 is 1.09 bits per heavy atom. The second-order valence-corrected chi connectivity index (χ2v) is 5.76. The summed E-state index contributed by atoms with van der Waals surface area (Å²) in [6, 6.07) is 5.78. The fourth-order valence-electron chi connectivity index (χ4n) is 2.71. The number of rotatable bonds is 5. The first-order valence-electron chi connectivity index (χ1n) is 7.81. The van der Waals surface area contributed by atoms with Crippen molar-refractivity contribution in [1.29, 1.82) is 0 Å². The maximum Gasteiger partial charge on any atom is 0.318 e. The normalized spacial score (nSPS) is 16.7. The first-order chi connectivity index (χ1) is 11.0. The van der Waals surface area contributed by atoms with E-state index < -0.39 is 6.03 Å². The highest BCUT2D eigenvalue weighted by atomic mass is 19.1. The lowest BCUT2D eigenvalue weighted by molar-refractivity contribution is -0.120. The van der Waals surface area contributed by atoms with Gasteiger partial charge in [-0.25, -0.2) is 9.18 Å². The molecular weight excluding hydrogens is 299 g/mol. The van der Waals surface area contributed by atoms with Crippen LogP contribution in [0.4, 0.5) is 9.18 Å². The van der Waals surface area contributed by atoms with Crippen molar-refractivity contribution >= 4 is 11.9 Å². The largest absolute Gasteiger partial charge is 0.351 e. The molecule has 3 N–H and O–H groups in total. The third kappa shape index (κ3) is 6.33. The van der Waals surface area contributed by atoms with Crippen LogP contribution in [0, 0.1) is 5.82 Å². The quantitative estimate of drug-likeness (QED) is 0.845. The lowest BCUT2D eigenvalue weighted by Crippen LogP contribution is -2.38. The van der Waals surface area contributed by atoms with Crippen LogP contribution in [0.2, 0.25) is 0 Å². The molecule has 1 fully saturated rings. The fraction of sp³-hybridized carbons (Fsp3) is 0.500. The number of hydrogen-bond donors (Lipinski definition) is 2. The average molecular weight is 322 g/mol. The van der Waals surface area contributed by atoms with E-state index >= 15 is 0 Å². The number of hydrogen-bond acceptors (Lipinski definition) is 4. The molecule has 1 aromatic carbocycles. The van der Waals surface area contributed by atoms with Crippen molar-refractivity contribution in [1.82, 2.24) is 15.1 Å². The van der Waals surface area contributed by atoms with Crippen molar-refractivity contribution < 1.29 is 14.0 Å². The van der Waals surface area contributed by atoms with Gasteiger partial charge in [-0.3, -0.25) is 15.0 Å². The van der Waals surface area contributed by atoms with Crippen LogP contribution in [0.25, 0.3) is 0 Å². The van der Waals surface area contributed by atoms with Crippen molar-refractivity contribution in [2.24, 2.45) is 5.73 Å². The minimum Gasteiger partial charge on any atom is -0.351 e. The molecule has 6 nitrogen and oxygen atoms in total. The molecule has 0 atom stereocenters. The van der Waals surface area contributed by atoms with Gasteiger partial charge in [0, 0.05) is 32.6 Å². The van der Waals surface area contributed by atoms with E-state index in [1.165, 1.54) is 12.1 Å². The Morgan fingerprint density at radius 3 is 2.43 bits per heavy atom. The maximum atomic E-state index is 12.9. The van der Waals surface area contributed by atoms with Crippen molar-refractivity contribution in [2.75, 3.05) is 32.7 Å². The van der Waals surface area contributed by atoms with Gasteiger partial charge in [0.1, 0.15) is 5.82 Å². The third-order valence-corrected chi connectivity index (χ3v) is 3.92. The van der Waals surface area contributed by atoms with E-state index in [-0.39, 0.29) is 18.1 Å². The van der Waals surface area contributed by atoms with Gasteiger partial charge in [0.25, 0.3) is 0 Å². The smallest absolute Gasteiger partial charge is 0.318 e. The number of amides is 3. The van der Waals surface area contributed by atoms with Gasteiger partial charge >= 0.3 is 6.03 Å². The summed E-state index contributed by atoms with van der Waals surface area (Å²) in [5.41, 5.74) is 6.01. The minimum absolute atomic E-state index is 0.218. The van der Waals surface area contributed by atoms with Gasteiger partial charge in [-0.1, -0.05) is 12.1 Å². The van der Waals surface area contributed by atoms with E-state index in [9.17, 15) is 14.0 Å². The Labute approximate surface area is 135 Å². The predicted octanol–water partition coefficient (Wildman–Crippen LogP) is 0.918. The number of primary amides is 1. The van der Waals surface area contributed by atoms with Gasteiger partial charge in [-0.15, -0.1) is 0 Å². The number of halogens is 1. The summed E-state index contributed by atoms with van der Waals surface area (Å²) < 4.78 is 12.9. The molecule has 3 amide bonds. The van der Waals surface area contributed by atoms with Crippen LogP contribution in [0.3, 0.4) is 0 Å². The van der Waals surface area contributed by atoms with Crippen LogP contribution < -0.4 is 11.1 Å². The topological polar surface area (TPSA) is 78.7 Å². The Bertz CT molecular complexity index is 535. The minimum atomic E-state index is -0.809. The zero-order valence-electron chi connectivity index (χ0n) is 13.1. The van der Waals surface area contributed by atoms with Gasteiger partial charge in [-0.2, -0.15) is 0 Å². The zero-order valence-corrected chi connectivity index (χ0v) is 13.1. The molecule has 0 aromatic heterocycles. The predicted molar refractivity (Wildman–Crippen MR) is 85.1 cm³/mol. The van der Waals surface area contributed by atoms with Crippen LogP contribution in [0.5, 0.6) is 0 Å². The molecule has 1 saturated heterocycles. The Hall–Kier alpha value is -1.99. The van der Waals surface area contributed by atoms with E-state index in [1.807, 2.05) is 12.1 Å². The number of nitrogens with one attached hydrogen (secondary N) is 1. The van der Waals surface area contributed by atoms with E-state index in [0.29, 0.717) is 6.54 Å². The molecule has 0 bridgehead atoms. The second-order valence-electron chi connectivity index (χ2n) is 5.76. The summed E-state index contributed by atoms with van der Waals surface area (Å²) >= 11 is 0. The average Bonchev–Trinajstić information content (AvgIpc) is 2.72. The number of urea groups is 1. The lowest BCUT2D eigenvalue weighted by Gasteiger charge is -2.21. The van der Waals surface area contributed by atoms with E-state index in [2.05, 4.69) is 15.1 Å². The van der Waals surface area contributed by atoms with E-state index in [4.69, 9.17) is 5.73 Å². The van der Waals surface area contributed by atoms with Crippen LogP contribution >= 0.6 is 0 Å². The third-order valence-electron chi connectivity index (χ3n) is 3.92. The van der Waals surface area contributed by atoms with Gasteiger partial charge < -0.3 is 10.6 Å². The Morgan fingerprint density at radius 2 is 1.74 bits per heavy atom. The van der Waals surface area contributed by atoms with Crippen molar-refractivity contribution in [3.63, 3.8) is 0 Å². The molecule has 1 aliphatic rings. The van der Waals surface area contributed by atoms with Gasteiger partial charge in [0.2, 0.25) is 5.91 Å². The number of nitrogens with two attached hydrogens (primary N) is 1. The molecule has 1 heterocycles. The molecule has 0 radical (unpaired) electrons. The van der Waals surface area contributed by atoms with Gasteiger partial charge in [0.15, 0.2) is 0 Å². The summed E-state index contributed by atoms with van der Waals surface area (Å²) in [4.78, 5) is 26.6. The highest BCUT2D eigenvalue weighted by Crippen LogP contribution is 2.10. The summed E-state index contributed by atoms with van der Waals surface area (Å²) in [5, 5.41) is 2.08.